The molecule has 19 heavy (non-hydrogen) atoms. The number of hydrogen-bond acceptors (Lipinski definition) is 4. The predicted octanol–water partition coefficient (Wildman–Crippen LogP) is 2.26. The van der Waals surface area contributed by atoms with E-state index >= 15 is 0 Å². The van der Waals surface area contributed by atoms with Crippen LogP contribution in [0.4, 0.5) is 4.79 Å². The minimum Gasteiger partial charge on any atom is -0.469 e. The highest BCUT2D eigenvalue weighted by Gasteiger charge is 2.33. The van der Waals surface area contributed by atoms with Gasteiger partial charge in [0.15, 0.2) is 0 Å². The predicted molar refractivity (Wildman–Crippen MR) is 71.6 cm³/mol. The van der Waals surface area contributed by atoms with E-state index in [0.29, 0.717) is 12.3 Å². The second-order valence-corrected chi connectivity index (χ2v) is 5.90. The maximum Gasteiger partial charge on any atom is 0.408 e. The Hall–Kier alpha value is -1.52. The summed E-state index contributed by atoms with van der Waals surface area (Å²) in [6, 6.07) is -0.376. The molecule has 0 spiro atoms. The van der Waals surface area contributed by atoms with E-state index in [1.165, 1.54) is 7.11 Å². The van der Waals surface area contributed by atoms with E-state index in [4.69, 9.17) is 9.47 Å². The number of alkyl carbamates (subject to hydrolysis) is 1. The van der Waals surface area contributed by atoms with E-state index in [2.05, 4.69) is 5.32 Å². The molecule has 1 aliphatic rings. The van der Waals surface area contributed by atoms with Gasteiger partial charge in [-0.15, -0.1) is 0 Å². The molecule has 0 aromatic heterocycles. The van der Waals surface area contributed by atoms with Gasteiger partial charge in [0.05, 0.1) is 19.1 Å². The number of esters is 1. The molecule has 1 N–H and O–H groups in total. The number of rotatable bonds is 2. The summed E-state index contributed by atoms with van der Waals surface area (Å²) in [5, 5.41) is 2.71. The standard InChI is InChI=1S/C14H23NO4/c1-9-6-7-11(10(8-9)12(16)18-5)15-13(17)19-14(2,3)4/h6-7,9-11H,8H2,1-5H3,(H,15,17). The Morgan fingerprint density at radius 3 is 2.42 bits per heavy atom. The van der Waals surface area contributed by atoms with Gasteiger partial charge < -0.3 is 14.8 Å². The summed E-state index contributed by atoms with van der Waals surface area (Å²) in [7, 11) is 1.36. The zero-order valence-corrected chi connectivity index (χ0v) is 12.2. The van der Waals surface area contributed by atoms with Crippen molar-refractivity contribution in [1.82, 2.24) is 5.32 Å². The number of allylic oxidation sites excluding steroid dienone is 1. The van der Waals surface area contributed by atoms with Crippen LogP contribution in [0.25, 0.3) is 0 Å². The van der Waals surface area contributed by atoms with E-state index in [-0.39, 0.29) is 17.9 Å². The third kappa shape index (κ3) is 4.93. The van der Waals surface area contributed by atoms with Crippen LogP contribution in [0, 0.1) is 11.8 Å². The minimum absolute atomic E-state index is 0.292. The molecule has 0 fully saturated rings. The summed E-state index contributed by atoms with van der Waals surface area (Å²) in [6.45, 7) is 7.41. The number of amides is 1. The fourth-order valence-electron chi connectivity index (χ4n) is 2.06. The zero-order chi connectivity index (χ0) is 14.6. The van der Waals surface area contributed by atoms with Crippen molar-refractivity contribution in [3.8, 4) is 0 Å². The molecule has 5 heteroatoms. The molecule has 0 aliphatic heterocycles. The first-order valence-electron chi connectivity index (χ1n) is 6.48. The molecule has 0 heterocycles. The first-order chi connectivity index (χ1) is 8.73. The van der Waals surface area contributed by atoms with Gasteiger partial charge in [-0.05, 0) is 33.1 Å². The number of carbonyl (C=O) groups excluding carboxylic acids is 2. The molecule has 1 rings (SSSR count). The maximum absolute atomic E-state index is 11.7. The van der Waals surface area contributed by atoms with E-state index in [1.807, 2.05) is 19.1 Å². The molecular weight excluding hydrogens is 246 g/mol. The van der Waals surface area contributed by atoms with Crippen molar-refractivity contribution in [2.24, 2.45) is 11.8 Å². The summed E-state index contributed by atoms with van der Waals surface area (Å²) >= 11 is 0. The Bertz CT molecular complexity index is 370. The van der Waals surface area contributed by atoms with Crippen molar-refractivity contribution in [3.05, 3.63) is 12.2 Å². The molecule has 1 aliphatic carbocycles. The van der Waals surface area contributed by atoms with Crippen LogP contribution < -0.4 is 5.32 Å². The second-order valence-electron chi connectivity index (χ2n) is 5.90. The third-order valence-electron chi connectivity index (χ3n) is 2.89. The smallest absolute Gasteiger partial charge is 0.408 e. The van der Waals surface area contributed by atoms with Crippen molar-refractivity contribution in [3.63, 3.8) is 0 Å². The molecule has 0 aromatic carbocycles. The van der Waals surface area contributed by atoms with Gasteiger partial charge in [0, 0.05) is 0 Å². The van der Waals surface area contributed by atoms with Crippen molar-refractivity contribution in [2.75, 3.05) is 7.11 Å². The van der Waals surface area contributed by atoms with Crippen LogP contribution >= 0.6 is 0 Å². The first kappa shape index (κ1) is 15.5. The third-order valence-corrected chi connectivity index (χ3v) is 2.89. The van der Waals surface area contributed by atoms with Gasteiger partial charge in [-0.3, -0.25) is 4.79 Å². The van der Waals surface area contributed by atoms with E-state index in [9.17, 15) is 9.59 Å². The van der Waals surface area contributed by atoms with Gasteiger partial charge in [-0.25, -0.2) is 4.79 Å². The normalized spacial score (nSPS) is 26.7. The monoisotopic (exact) mass is 269 g/mol. The van der Waals surface area contributed by atoms with Gasteiger partial charge in [0.1, 0.15) is 5.60 Å². The summed E-state index contributed by atoms with van der Waals surface area (Å²) in [5.74, 6) is -0.379. The van der Waals surface area contributed by atoms with E-state index in [1.54, 1.807) is 20.8 Å². The Kier molecular flexibility index (Phi) is 4.97. The number of methoxy groups -OCH3 is 1. The SMILES string of the molecule is COC(=O)C1CC(C)C=CC1NC(=O)OC(C)(C)C. The lowest BCUT2D eigenvalue weighted by atomic mass is 9.84. The molecule has 1 amide bonds. The highest BCUT2D eigenvalue weighted by molar-refractivity contribution is 5.76. The summed E-state index contributed by atoms with van der Waals surface area (Å²) < 4.78 is 9.98. The average molecular weight is 269 g/mol. The summed E-state index contributed by atoms with van der Waals surface area (Å²) in [4.78, 5) is 23.5. The van der Waals surface area contributed by atoms with Crippen LogP contribution in [0.3, 0.4) is 0 Å². The molecular formula is C14H23NO4. The lowest BCUT2D eigenvalue weighted by Gasteiger charge is -2.30. The number of carbonyl (C=O) groups is 2. The topological polar surface area (TPSA) is 64.6 Å². The van der Waals surface area contributed by atoms with E-state index in [0.717, 1.165) is 0 Å². The molecule has 0 aromatic rings. The summed E-state index contributed by atoms with van der Waals surface area (Å²) in [6.07, 6.45) is 3.95. The molecule has 0 saturated heterocycles. The van der Waals surface area contributed by atoms with E-state index < -0.39 is 11.7 Å². The molecule has 3 unspecified atom stereocenters. The Morgan fingerprint density at radius 2 is 1.89 bits per heavy atom. The van der Waals surface area contributed by atoms with Crippen molar-refractivity contribution < 1.29 is 19.1 Å². The van der Waals surface area contributed by atoms with Gasteiger partial charge in [-0.1, -0.05) is 19.1 Å². The summed E-state index contributed by atoms with van der Waals surface area (Å²) in [5.41, 5.74) is -0.559. The molecule has 108 valence electrons. The highest BCUT2D eigenvalue weighted by atomic mass is 16.6. The van der Waals surface area contributed by atoms with Crippen LogP contribution in [-0.4, -0.2) is 30.8 Å². The number of hydrogen-bond donors (Lipinski definition) is 1. The Balaban J connectivity index is 2.70. The maximum atomic E-state index is 11.7. The average Bonchev–Trinajstić information content (AvgIpc) is 2.28. The van der Waals surface area contributed by atoms with Crippen LogP contribution in [0.15, 0.2) is 12.2 Å². The quantitative estimate of drug-likeness (QED) is 0.617. The fourth-order valence-corrected chi connectivity index (χ4v) is 2.06. The van der Waals surface area contributed by atoms with Crippen molar-refractivity contribution in [1.29, 1.82) is 0 Å². The van der Waals surface area contributed by atoms with Crippen LogP contribution in [0.2, 0.25) is 0 Å². The molecule has 3 atom stereocenters. The Morgan fingerprint density at radius 1 is 1.26 bits per heavy atom. The lowest BCUT2D eigenvalue weighted by Crippen LogP contribution is -2.46. The largest absolute Gasteiger partial charge is 0.469 e. The molecule has 0 bridgehead atoms. The van der Waals surface area contributed by atoms with Gasteiger partial charge in [-0.2, -0.15) is 0 Å². The molecule has 0 saturated carbocycles. The van der Waals surface area contributed by atoms with Crippen molar-refractivity contribution in [2.45, 2.75) is 45.8 Å². The fraction of sp³-hybridized carbons (Fsp3) is 0.714. The van der Waals surface area contributed by atoms with Gasteiger partial charge >= 0.3 is 12.1 Å². The highest BCUT2D eigenvalue weighted by Crippen LogP contribution is 2.25. The lowest BCUT2D eigenvalue weighted by molar-refractivity contribution is -0.146. The van der Waals surface area contributed by atoms with Crippen molar-refractivity contribution >= 4 is 12.1 Å². The first-order valence-corrected chi connectivity index (χ1v) is 6.48. The van der Waals surface area contributed by atoms with Gasteiger partial charge in [0.2, 0.25) is 0 Å². The molecule has 0 radical (unpaired) electrons. The van der Waals surface area contributed by atoms with Gasteiger partial charge in [0.25, 0.3) is 0 Å². The molecule has 5 nitrogen and oxygen atoms in total. The minimum atomic E-state index is -0.559. The zero-order valence-electron chi connectivity index (χ0n) is 12.2. The van der Waals surface area contributed by atoms with Crippen LogP contribution in [0.1, 0.15) is 34.1 Å². The number of nitrogens with one attached hydrogen (secondary N) is 1. The van der Waals surface area contributed by atoms with Crippen LogP contribution in [-0.2, 0) is 14.3 Å². The number of ether oxygens (including phenoxy) is 2. The Labute approximate surface area is 114 Å². The second kappa shape index (κ2) is 6.08. The van der Waals surface area contributed by atoms with Crippen LogP contribution in [0.5, 0.6) is 0 Å².